The topological polar surface area (TPSA) is 78.0 Å². The van der Waals surface area contributed by atoms with Gasteiger partial charge in [0.05, 0.1) is 18.9 Å². The molecule has 1 heterocycles. The van der Waals surface area contributed by atoms with Gasteiger partial charge in [-0.3, -0.25) is 4.90 Å². The average Bonchev–Trinajstić information content (AvgIpc) is 3.80. The third kappa shape index (κ3) is 8.55. The van der Waals surface area contributed by atoms with Crippen molar-refractivity contribution in [2.24, 2.45) is 5.92 Å². The number of benzene rings is 2. The number of hydrogen-bond acceptors (Lipinski definition) is 7. The summed E-state index contributed by atoms with van der Waals surface area (Å²) >= 11 is 0. The number of ether oxygens (including phenoxy) is 3. The lowest BCUT2D eigenvalue weighted by Crippen LogP contribution is -2.43. The Kier molecular flexibility index (Phi) is 10.8. The smallest absolute Gasteiger partial charge is 0.344 e. The number of alkyl halides is 1. The molecule has 0 bridgehead atoms. The number of halogens is 2. The van der Waals surface area contributed by atoms with Crippen molar-refractivity contribution < 1.29 is 32.6 Å². The van der Waals surface area contributed by atoms with Crippen LogP contribution >= 0.6 is 0 Å². The third-order valence-electron chi connectivity index (χ3n) is 8.58. The highest BCUT2D eigenvalue weighted by Crippen LogP contribution is 2.50. The molecule has 2 atom stereocenters. The fourth-order valence-electron chi connectivity index (χ4n) is 6.15. The van der Waals surface area contributed by atoms with Crippen molar-refractivity contribution in [3.05, 3.63) is 76.7 Å². The van der Waals surface area contributed by atoms with Gasteiger partial charge in [0.15, 0.2) is 0 Å². The summed E-state index contributed by atoms with van der Waals surface area (Å²) < 4.78 is 48.1. The van der Waals surface area contributed by atoms with Crippen LogP contribution in [-0.4, -0.2) is 52.3 Å². The summed E-state index contributed by atoms with van der Waals surface area (Å²) in [4.78, 5) is 33.0. The number of methoxy groups -OCH3 is 1. The Morgan fingerprint density at radius 3 is 2.23 bits per heavy atom. The Labute approximate surface area is 277 Å². The first kappa shape index (κ1) is 36.0. The predicted molar refractivity (Wildman–Crippen MR) is 179 cm³/mol. The zero-order chi connectivity index (χ0) is 34.8. The largest absolute Gasteiger partial charge is 0.481 e. The standard InChI is InChI=1S/C38H48F2N2O5/c1-22(2)42(23(3)4)21-27-18-29(24(5)16-30(27)31-19-33(45-10)41-20-32(31)39)35(43)46-28-13-11-12-26(17-28)34(25-14-15-25)38(9,40)36(44)47-37(6,7)8/h11-13,16-20,22-23,25,34H,14-15,21H2,1-10H3/t34-,38+/m0/s1. The first-order valence-corrected chi connectivity index (χ1v) is 16.3. The first-order valence-electron chi connectivity index (χ1n) is 16.3. The molecule has 1 aliphatic carbocycles. The summed E-state index contributed by atoms with van der Waals surface area (Å²) in [6, 6.07) is 12.2. The summed E-state index contributed by atoms with van der Waals surface area (Å²) in [5.74, 6) is -2.29. The molecule has 4 rings (SSSR count). The molecule has 0 saturated heterocycles. The molecule has 0 radical (unpaired) electrons. The maximum Gasteiger partial charge on any atom is 0.344 e. The molecule has 1 saturated carbocycles. The van der Waals surface area contributed by atoms with Gasteiger partial charge in [0.1, 0.15) is 17.2 Å². The van der Waals surface area contributed by atoms with E-state index in [4.69, 9.17) is 14.2 Å². The van der Waals surface area contributed by atoms with Gasteiger partial charge in [-0.25, -0.2) is 23.4 Å². The number of carbonyl (C=O) groups excluding carboxylic acids is 2. The van der Waals surface area contributed by atoms with Crippen molar-refractivity contribution in [1.82, 2.24) is 9.88 Å². The van der Waals surface area contributed by atoms with E-state index >= 15 is 8.78 Å². The fraction of sp³-hybridized carbons (Fsp3) is 0.500. The van der Waals surface area contributed by atoms with Gasteiger partial charge in [-0.05, 0) is 122 Å². The number of esters is 2. The minimum absolute atomic E-state index is 0.0297. The van der Waals surface area contributed by atoms with E-state index in [2.05, 4.69) is 37.6 Å². The zero-order valence-corrected chi connectivity index (χ0v) is 29.2. The van der Waals surface area contributed by atoms with Crippen LogP contribution in [0.1, 0.15) is 101 Å². The summed E-state index contributed by atoms with van der Waals surface area (Å²) in [5.41, 5.74) is 0.0606. The van der Waals surface area contributed by atoms with Crippen LogP contribution in [0.5, 0.6) is 11.6 Å². The molecule has 47 heavy (non-hydrogen) atoms. The molecule has 0 N–H and O–H groups in total. The second kappa shape index (κ2) is 14.1. The van der Waals surface area contributed by atoms with Crippen LogP contribution in [0.15, 0.2) is 48.7 Å². The van der Waals surface area contributed by atoms with E-state index in [1.807, 2.05) is 0 Å². The molecule has 1 aromatic heterocycles. The van der Waals surface area contributed by atoms with E-state index in [0.29, 0.717) is 34.4 Å². The van der Waals surface area contributed by atoms with Crippen LogP contribution in [0.4, 0.5) is 8.78 Å². The first-order chi connectivity index (χ1) is 21.9. The van der Waals surface area contributed by atoms with E-state index in [9.17, 15) is 9.59 Å². The molecular formula is C38H48F2N2O5. The lowest BCUT2D eigenvalue weighted by atomic mass is 9.80. The van der Waals surface area contributed by atoms with Crippen molar-refractivity contribution in [1.29, 1.82) is 0 Å². The zero-order valence-electron chi connectivity index (χ0n) is 29.2. The lowest BCUT2D eigenvalue weighted by Gasteiger charge is -2.32. The molecule has 1 fully saturated rings. The number of rotatable bonds is 12. The highest BCUT2D eigenvalue weighted by Gasteiger charge is 2.52. The molecule has 0 amide bonds. The number of nitrogens with zero attached hydrogens (tertiary/aromatic N) is 2. The molecule has 9 heteroatoms. The Balaban J connectivity index is 1.71. The SMILES string of the molecule is COc1cc(-c2cc(C)c(C(=O)Oc3cccc([C@H](C4CC4)[C@@](C)(F)C(=O)OC(C)(C)C)c3)cc2CN(C(C)C)C(C)C)c(F)cn1. The van der Waals surface area contributed by atoms with Gasteiger partial charge in [0, 0.05) is 36.2 Å². The third-order valence-corrected chi connectivity index (χ3v) is 8.58. The molecule has 3 aromatic rings. The van der Waals surface area contributed by atoms with Crippen molar-refractivity contribution in [2.45, 2.75) is 111 Å². The van der Waals surface area contributed by atoms with Crippen LogP contribution < -0.4 is 9.47 Å². The highest BCUT2D eigenvalue weighted by molar-refractivity contribution is 5.94. The molecule has 254 valence electrons. The number of carbonyl (C=O) groups is 2. The Hall–Kier alpha value is -3.85. The fourth-order valence-corrected chi connectivity index (χ4v) is 6.15. The molecule has 2 aromatic carbocycles. The lowest BCUT2D eigenvalue weighted by molar-refractivity contribution is -0.170. The van der Waals surface area contributed by atoms with Crippen molar-refractivity contribution in [2.75, 3.05) is 7.11 Å². The van der Waals surface area contributed by atoms with Gasteiger partial charge in [0.2, 0.25) is 11.5 Å². The molecule has 7 nitrogen and oxygen atoms in total. The summed E-state index contributed by atoms with van der Waals surface area (Å²) in [6.07, 6.45) is 2.71. The number of aryl methyl sites for hydroxylation is 1. The minimum Gasteiger partial charge on any atom is -0.481 e. The highest BCUT2D eigenvalue weighted by atomic mass is 19.1. The normalized spacial score (nSPS) is 15.5. The number of hydrogen-bond donors (Lipinski definition) is 0. The van der Waals surface area contributed by atoms with Crippen LogP contribution in [-0.2, 0) is 16.1 Å². The summed E-state index contributed by atoms with van der Waals surface area (Å²) in [5, 5.41) is 0. The van der Waals surface area contributed by atoms with Gasteiger partial charge in [-0.15, -0.1) is 0 Å². The Morgan fingerprint density at radius 2 is 1.66 bits per heavy atom. The van der Waals surface area contributed by atoms with Crippen LogP contribution in [0.3, 0.4) is 0 Å². The average molecular weight is 651 g/mol. The molecule has 0 unspecified atom stereocenters. The van der Waals surface area contributed by atoms with Gasteiger partial charge in [0.25, 0.3) is 0 Å². The van der Waals surface area contributed by atoms with Crippen molar-refractivity contribution in [3.8, 4) is 22.8 Å². The van der Waals surface area contributed by atoms with Crippen LogP contribution in [0.25, 0.3) is 11.1 Å². The van der Waals surface area contributed by atoms with E-state index < -0.39 is 34.9 Å². The van der Waals surface area contributed by atoms with Crippen LogP contribution in [0, 0.1) is 18.7 Å². The van der Waals surface area contributed by atoms with Gasteiger partial charge < -0.3 is 14.2 Å². The maximum absolute atomic E-state index is 16.3. The monoisotopic (exact) mass is 650 g/mol. The summed E-state index contributed by atoms with van der Waals surface area (Å²) in [7, 11) is 1.47. The quantitative estimate of drug-likeness (QED) is 0.144. The van der Waals surface area contributed by atoms with Crippen LogP contribution in [0.2, 0.25) is 0 Å². The summed E-state index contributed by atoms with van der Waals surface area (Å²) in [6.45, 7) is 17.0. The maximum atomic E-state index is 16.3. The molecule has 0 aliphatic heterocycles. The van der Waals surface area contributed by atoms with Gasteiger partial charge in [-0.2, -0.15) is 0 Å². The Bertz CT molecular complexity index is 1600. The second-order valence-electron chi connectivity index (χ2n) is 14.2. The predicted octanol–water partition coefficient (Wildman–Crippen LogP) is 8.61. The second-order valence-corrected chi connectivity index (χ2v) is 14.2. The molecular weight excluding hydrogens is 602 g/mol. The van der Waals surface area contributed by atoms with Crippen molar-refractivity contribution in [3.63, 3.8) is 0 Å². The number of aromatic nitrogens is 1. The van der Waals surface area contributed by atoms with E-state index in [-0.39, 0.29) is 29.6 Å². The van der Waals surface area contributed by atoms with Gasteiger partial charge >= 0.3 is 11.9 Å². The number of pyridine rings is 1. The van der Waals surface area contributed by atoms with E-state index in [1.54, 1.807) is 70.2 Å². The Morgan fingerprint density at radius 1 is 1.00 bits per heavy atom. The molecule has 0 spiro atoms. The van der Waals surface area contributed by atoms with E-state index in [1.165, 1.54) is 14.0 Å². The molecule has 1 aliphatic rings. The van der Waals surface area contributed by atoms with Gasteiger partial charge in [-0.1, -0.05) is 18.2 Å². The van der Waals surface area contributed by atoms with E-state index in [0.717, 1.165) is 24.6 Å². The minimum atomic E-state index is -2.28. The van der Waals surface area contributed by atoms with Crippen molar-refractivity contribution >= 4 is 11.9 Å².